The number of hydrogen-bond acceptors (Lipinski definition) is 4. The van der Waals surface area contributed by atoms with E-state index in [-0.39, 0.29) is 5.91 Å². The number of aryl methyl sites for hydroxylation is 2. The molecule has 0 radical (unpaired) electrons. The monoisotopic (exact) mass is 372 g/mol. The summed E-state index contributed by atoms with van der Waals surface area (Å²) in [6.07, 6.45) is 5.53. The van der Waals surface area contributed by atoms with Crippen LogP contribution < -0.4 is 5.32 Å². The van der Waals surface area contributed by atoms with E-state index in [9.17, 15) is 4.79 Å². The van der Waals surface area contributed by atoms with Crippen molar-refractivity contribution in [1.82, 2.24) is 14.8 Å². The highest BCUT2D eigenvalue weighted by molar-refractivity contribution is 7.15. The summed E-state index contributed by atoms with van der Waals surface area (Å²) in [6.45, 7) is 3.92. The molecule has 0 spiro atoms. The van der Waals surface area contributed by atoms with Gasteiger partial charge in [0.2, 0.25) is 0 Å². The fourth-order valence-corrected chi connectivity index (χ4v) is 3.61. The lowest BCUT2D eigenvalue weighted by Gasteiger charge is -2.10. The molecule has 3 aromatic rings. The normalized spacial score (nSPS) is 13.9. The van der Waals surface area contributed by atoms with Gasteiger partial charge in [-0.3, -0.25) is 10.1 Å². The van der Waals surface area contributed by atoms with Gasteiger partial charge in [-0.25, -0.2) is 9.67 Å². The third-order valence-corrected chi connectivity index (χ3v) is 5.49. The fourth-order valence-electron chi connectivity index (χ4n) is 2.78. The molecule has 0 atom stereocenters. The molecule has 25 heavy (non-hydrogen) atoms. The standard InChI is InChI=1S/C18H17ClN4OS/c1-10-3-6-13(7-15(10)19)23-16(12-4-5-12)14(9-21-23)17(24)22-18-20-8-11(2)25-18/h3,6-9,12H,4-5H2,1-2H3,(H,20,22,24). The zero-order valence-corrected chi connectivity index (χ0v) is 15.5. The van der Waals surface area contributed by atoms with Crippen LogP contribution in [0.2, 0.25) is 5.02 Å². The molecule has 128 valence electrons. The van der Waals surface area contributed by atoms with E-state index in [0.29, 0.717) is 21.6 Å². The van der Waals surface area contributed by atoms with Gasteiger partial charge in [-0.1, -0.05) is 17.7 Å². The van der Waals surface area contributed by atoms with Gasteiger partial charge in [0.25, 0.3) is 5.91 Å². The highest BCUT2D eigenvalue weighted by Crippen LogP contribution is 2.42. The molecule has 1 aliphatic carbocycles. The number of thiazole rings is 1. The zero-order valence-electron chi connectivity index (χ0n) is 13.9. The van der Waals surface area contributed by atoms with E-state index in [1.165, 1.54) is 11.3 Å². The minimum absolute atomic E-state index is 0.166. The molecule has 1 aliphatic rings. The topological polar surface area (TPSA) is 59.8 Å². The van der Waals surface area contributed by atoms with Crippen LogP contribution in [0.5, 0.6) is 0 Å². The fraction of sp³-hybridized carbons (Fsp3) is 0.278. The van der Waals surface area contributed by atoms with E-state index in [1.807, 2.05) is 36.7 Å². The van der Waals surface area contributed by atoms with E-state index in [2.05, 4.69) is 15.4 Å². The molecule has 7 heteroatoms. The van der Waals surface area contributed by atoms with Crippen LogP contribution in [0.4, 0.5) is 5.13 Å². The smallest absolute Gasteiger partial charge is 0.260 e. The summed E-state index contributed by atoms with van der Waals surface area (Å²) in [5.74, 6) is 0.196. The van der Waals surface area contributed by atoms with Crippen LogP contribution in [0, 0.1) is 13.8 Å². The molecule has 5 nitrogen and oxygen atoms in total. The molecule has 1 aromatic carbocycles. The molecule has 2 heterocycles. The minimum Gasteiger partial charge on any atom is -0.298 e. The van der Waals surface area contributed by atoms with Crippen molar-refractivity contribution in [1.29, 1.82) is 0 Å². The predicted octanol–water partition coefficient (Wildman–Crippen LogP) is 4.73. The molecule has 1 saturated carbocycles. The zero-order chi connectivity index (χ0) is 17.6. The third kappa shape index (κ3) is 3.19. The van der Waals surface area contributed by atoms with Gasteiger partial charge in [0.05, 0.1) is 23.1 Å². The number of rotatable bonds is 4. The molecular weight excluding hydrogens is 356 g/mol. The van der Waals surface area contributed by atoms with Crippen LogP contribution in [0.1, 0.15) is 45.3 Å². The van der Waals surface area contributed by atoms with Crippen molar-refractivity contribution in [2.24, 2.45) is 0 Å². The summed E-state index contributed by atoms with van der Waals surface area (Å²) >= 11 is 7.72. The largest absolute Gasteiger partial charge is 0.298 e. The number of amides is 1. The van der Waals surface area contributed by atoms with Crippen molar-refractivity contribution >= 4 is 34.0 Å². The lowest BCUT2D eigenvalue weighted by Crippen LogP contribution is -2.14. The van der Waals surface area contributed by atoms with E-state index >= 15 is 0 Å². The van der Waals surface area contributed by atoms with E-state index in [0.717, 1.165) is 34.7 Å². The van der Waals surface area contributed by atoms with Gasteiger partial charge in [0.15, 0.2) is 5.13 Å². The first-order valence-electron chi connectivity index (χ1n) is 8.11. The molecule has 4 rings (SSSR count). The molecule has 0 saturated heterocycles. The summed E-state index contributed by atoms with van der Waals surface area (Å²) < 4.78 is 1.84. The van der Waals surface area contributed by atoms with Crippen LogP contribution in [-0.4, -0.2) is 20.7 Å². The first-order valence-corrected chi connectivity index (χ1v) is 9.30. The van der Waals surface area contributed by atoms with Gasteiger partial charge < -0.3 is 0 Å². The summed E-state index contributed by atoms with van der Waals surface area (Å²) in [7, 11) is 0. The summed E-state index contributed by atoms with van der Waals surface area (Å²) in [6, 6.07) is 5.84. The Morgan fingerprint density at radius 3 is 2.76 bits per heavy atom. The van der Waals surface area contributed by atoms with Gasteiger partial charge in [-0.2, -0.15) is 5.10 Å². The Morgan fingerprint density at radius 1 is 1.32 bits per heavy atom. The number of halogens is 1. The molecule has 2 aromatic heterocycles. The second-order valence-electron chi connectivity index (χ2n) is 6.29. The maximum Gasteiger partial charge on any atom is 0.260 e. The maximum absolute atomic E-state index is 12.7. The molecule has 0 aliphatic heterocycles. The van der Waals surface area contributed by atoms with E-state index < -0.39 is 0 Å². The first kappa shape index (κ1) is 16.3. The molecule has 1 N–H and O–H groups in total. The minimum atomic E-state index is -0.166. The summed E-state index contributed by atoms with van der Waals surface area (Å²) in [5, 5.41) is 8.64. The average Bonchev–Trinajstić information content (AvgIpc) is 3.19. The van der Waals surface area contributed by atoms with Crippen molar-refractivity contribution in [2.75, 3.05) is 5.32 Å². The molecule has 0 unspecified atom stereocenters. The van der Waals surface area contributed by atoms with Gasteiger partial charge in [0, 0.05) is 22.0 Å². The number of anilines is 1. The number of carbonyl (C=O) groups excluding carboxylic acids is 1. The Balaban J connectivity index is 1.70. The lowest BCUT2D eigenvalue weighted by molar-refractivity contribution is 0.102. The van der Waals surface area contributed by atoms with Gasteiger partial charge >= 0.3 is 0 Å². The Kier molecular flexibility index (Phi) is 4.09. The SMILES string of the molecule is Cc1cnc(NC(=O)c2cnn(-c3ccc(C)c(Cl)c3)c2C2CC2)s1. The quantitative estimate of drug-likeness (QED) is 0.720. The summed E-state index contributed by atoms with van der Waals surface area (Å²) in [5.41, 5.74) is 3.45. The third-order valence-electron chi connectivity index (χ3n) is 4.26. The first-order chi connectivity index (χ1) is 12.0. The second kappa shape index (κ2) is 6.28. The van der Waals surface area contributed by atoms with Crippen LogP contribution in [0.25, 0.3) is 5.69 Å². The Labute approximate surface area is 154 Å². The number of benzene rings is 1. The Morgan fingerprint density at radius 2 is 2.12 bits per heavy atom. The molecular formula is C18H17ClN4OS. The van der Waals surface area contributed by atoms with Crippen LogP contribution in [0.15, 0.2) is 30.6 Å². The molecule has 1 fully saturated rings. The van der Waals surface area contributed by atoms with E-state index in [4.69, 9.17) is 11.6 Å². The van der Waals surface area contributed by atoms with Crippen molar-refractivity contribution in [2.45, 2.75) is 32.6 Å². The van der Waals surface area contributed by atoms with Crippen molar-refractivity contribution < 1.29 is 4.79 Å². The summed E-state index contributed by atoms with van der Waals surface area (Å²) in [4.78, 5) is 18.0. The van der Waals surface area contributed by atoms with Crippen LogP contribution in [0.3, 0.4) is 0 Å². The number of nitrogens with one attached hydrogen (secondary N) is 1. The molecule has 1 amide bonds. The van der Waals surface area contributed by atoms with Crippen molar-refractivity contribution in [3.8, 4) is 5.69 Å². The lowest BCUT2D eigenvalue weighted by atomic mass is 10.1. The maximum atomic E-state index is 12.7. The number of carbonyl (C=O) groups is 1. The Hall–Kier alpha value is -2.18. The highest BCUT2D eigenvalue weighted by Gasteiger charge is 2.33. The number of nitrogens with zero attached hydrogens (tertiary/aromatic N) is 3. The second-order valence-corrected chi connectivity index (χ2v) is 7.94. The highest BCUT2D eigenvalue weighted by atomic mass is 35.5. The average molecular weight is 373 g/mol. The van der Waals surface area contributed by atoms with Crippen LogP contribution in [-0.2, 0) is 0 Å². The van der Waals surface area contributed by atoms with E-state index in [1.54, 1.807) is 12.4 Å². The van der Waals surface area contributed by atoms with Gasteiger partial charge in [-0.05, 0) is 44.4 Å². The van der Waals surface area contributed by atoms with Crippen molar-refractivity contribution in [3.63, 3.8) is 0 Å². The Bertz CT molecular complexity index is 958. The molecule has 0 bridgehead atoms. The van der Waals surface area contributed by atoms with Crippen molar-refractivity contribution in [3.05, 3.63) is 57.3 Å². The van der Waals surface area contributed by atoms with Crippen LogP contribution >= 0.6 is 22.9 Å². The van der Waals surface area contributed by atoms with Gasteiger partial charge in [-0.15, -0.1) is 11.3 Å². The van der Waals surface area contributed by atoms with Gasteiger partial charge in [0.1, 0.15) is 0 Å². The number of hydrogen-bond donors (Lipinski definition) is 1. The number of aromatic nitrogens is 3. The predicted molar refractivity (Wildman–Crippen MR) is 100 cm³/mol.